The zero-order valence-corrected chi connectivity index (χ0v) is 8.23. The number of carbonyl (C=O) groups is 1. The number of hydrogen-bond donors (Lipinski definition) is 1. The second-order valence-corrected chi connectivity index (χ2v) is 3.01. The fourth-order valence-corrected chi connectivity index (χ4v) is 1.41. The molecule has 76 valence electrons. The van der Waals surface area contributed by atoms with Crippen LogP contribution in [-0.2, 0) is 4.74 Å². The fourth-order valence-electron chi connectivity index (χ4n) is 1.41. The second kappa shape index (κ2) is 3.96. The van der Waals surface area contributed by atoms with E-state index in [4.69, 9.17) is 0 Å². The molecule has 0 saturated heterocycles. The third-order valence-electron chi connectivity index (χ3n) is 2.14. The number of nitrogens with zero attached hydrogens (tertiary/aromatic N) is 1. The molecule has 4 heteroatoms. The Balaban J connectivity index is 2.46. The van der Waals surface area contributed by atoms with Gasteiger partial charge in [-0.3, -0.25) is 4.98 Å². The molecule has 0 amide bonds. The minimum Gasteiger partial charge on any atom is -0.465 e. The van der Waals surface area contributed by atoms with Crippen LogP contribution in [-0.4, -0.2) is 23.0 Å². The summed E-state index contributed by atoms with van der Waals surface area (Å²) in [6.07, 6.45) is 6.76. The van der Waals surface area contributed by atoms with Crippen LogP contribution in [0.3, 0.4) is 0 Å². The molecule has 1 N–H and O–H groups in total. The summed E-state index contributed by atoms with van der Waals surface area (Å²) in [5.41, 5.74) is 2.29. The number of aromatic nitrogens is 2. The Kier molecular flexibility index (Phi) is 2.49. The van der Waals surface area contributed by atoms with E-state index in [2.05, 4.69) is 14.7 Å². The van der Waals surface area contributed by atoms with Gasteiger partial charge in [0.15, 0.2) is 0 Å². The molecule has 2 aromatic rings. The summed E-state index contributed by atoms with van der Waals surface area (Å²) < 4.78 is 4.68. The maximum atomic E-state index is 11.4. The van der Waals surface area contributed by atoms with Crippen LogP contribution < -0.4 is 0 Å². The lowest BCUT2D eigenvalue weighted by Gasteiger charge is -2.01. The van der Waals surface area contributed by atoms with Crippen molar-refractivity contribution in [3.8, 4) is 11.1 Å². The predicted molar refractivity (Wildman–Crippen MR) is 55.4 cm³/mol. The number of methoxy groups -OCH3 is 1. The second-order valence-electron chi connectivity index (χ2n) is 3.01. The van der Waals surface area contributed by atoms with Gasteiger partial charge in [-0.05, 0) is 17.7 Å². The molecule has 4 nitrogen and oxygen atoms in total. The van der Waals surface area contributed by atoms with Crippen molar-refractivity contribution in [2.24, 2.45) is 0 Å². The number of rotatable bonds is 2. The lowest BCUT2D eigenvalue weighted by Crippen LogP contribution is -2.00. The Morgan fingerprint density at radius 3 is 2.73 bits per heavy atom. The van der Waals surface area contributed by atoms with Gasteiger partial charge in [0, 0.05) is 30.4 Å². The smallest absolute Gasteiger partial charge is 0.340 e. The summed E-state index contributed by atoms with van der Waals surface area (Å²) in [4.78, 5) is 18.2. The molecule has 2 heterocycles. The molecule has 2 rings (SSSR count). The molecule has 2 aromatic heterocycles. The summed E-state index contributed by atoms with van der Waals surface area (Å²) in [5.74, 6) is -0.344. The molecule has 0 aromatic carbocycles. The number of pyridine rings is 1. The third-order valence-corrected chi connectivity index (χ3v) is 2.14. The Morgan fingerprint density at radius 2 is 2.07 bits per heavy atom. The van der Waals surface area contributed by atoms with Gasteiger partial charge in [-0.1, -0.05) is 0 Å². The number of ether oxygens (including phenoxy) is 1. The fraction of sp³-hybridized carbons (Fsp3) is 0.0909. The van der Waals surface area contributed by atoms with Gasteiger partial charge in [-0.25, -0.2) is 4.79 Å². The van der Waals surface area contributed by atoms with E-state index >= 15 is 0 Å². The lowest BCUT2D eigenvalue weighted by atomic mass is 10.1. The Labute approximate surface area is 86.9 Å². The number of esters is 1. The van der Waals surface area contributed by atoms with Crippen molar-refractivity contribution in [3.05, 3.63) is 42.5 Å². The molecule has 15 heavy (non-hydrogen) atoms. The summed E-state index contributed by atoms with van der Waals surface area (Å²) in [5, 5.41) is 0. The monoisotopic (exact) mass is 202 g/mol. The number of aromatic amines is 1. The first-order chi connectivity index (χ1) is 7.33. The van der Waals surface area contributed by atoms with Crippen molar-refractivity contribution >= 4 is 5.97 Å². The zero-order chi connectivity index (χ0) is 10.7. The highest BCUT2D eigenvalue weighted by Gasteiger charge is 2.13. The molecular formula is C11H10N2O2. The first kappa shape index (κ1) is 9.45. The van der Waals surface area contributed by atoms with E-state index < -0.39 is 0 Å². The molecular weight excluding hydrogens is 192 g/mol. The van der Waals surface area contributed by atoms with E-state index in [0.29, 0.717) is 5.56 Å². The molecule has 0 radical (unpaired) electrons. The van der Waals surface area contributed by atoms with E-state index in [-0.39, 0.29) is 5.97 Å². The van der Waals surface area contributed by atoms with Crippen LogP contribution in [0.1, 0.15) is 10.4 Å². The van der Waals surface area contributed by atoms with Gasteiger partial charge in [0.1, 0.15) is 0 Å². The van der Waals surface area contributed by atoms with E-state index in [1.807, 2.05) is 12.1 Å². The van der Waals surface area contributed by atoms with Crippen LogP contribution >= 0.6 is 0 Å². The summed E-state index contributed by atoms with van der Waals surface area (Å²) in [6, 6.07) is 3.69. The number of H-pyrrole nitrogens is 1. The van der Waals surface area contributed by atoms with E-state index in [1.165, 1.54) is 7.11 Å². The number of hydrogen-bond acceptors (Lipinski definition) is 3. The molecule has 0 atom stereocenters. The normalized spacial score (nSPS) is 9.93. The van der Waals surface area contributed by atoms with Gasteiger partial charge in [0.2, 0.25) is 0 Å². The first-order valence-corrected chi connectivity index (χ1v) is 4.48. The van der Waals surface area contributed by atoms with Gasteiger partial charge >= 0.3 is 5.97 Å². The Bertz CT molecular complexity index is 462. The average Bonchev–Trinajstić information content (AvgIpc) is 2.78. The maximum absolute atomic E-state index is 11.4. The largest absolute Gasteiger partial charge is 0.465 e. The highest BCUT2D eigenvalue weighted by Crippen LogP contribution is 2.22. The zero-order valence-electron chi connectivity index (χ0n) is 8.23. The van der Waals surface area contributed by atoms with Crippen LogP contribution in [0.15, 0.2) is 36.9 Å². The van der Waals surface area contributed by atoms with Crippen molar-refractivity contribution in [2.45, 2.75) is 0 Å². The van der Waals surface area contributed by atoms with Crippen molar-refractivity contribution < 1.29 is 9.53 Å². The third kappa shape index (κ3) is 1.74. The van der Waals surface area contributed by atoms with E-state index in [9.17, 15) is 4.79 Å². The summed E-state index contributed by atoms with van der Waals surface area (Å²) in [6.45, 7) is 0. The van der Waals surface area contributed by atoms with E-state index in [1.54, 1.807) is 24.8 Å². The molecule has 0 bridgehead atoms. The number of carbonyl (C=O) groups excluding carboxylic acids is 1. The van der Waals surface area contributed by atoms with Crippen LogP contribution in [0.2, 0.25) is 0 Å². The standard InChI is InChI=1S/C11H10N2O2/c1-15-11(14)10-7-13-6-9(10)8-2-4-12-5-3-8/h2-7,13H,1H3. The Morgan fingerprint density at radius 1 is 1.33 bits per heavy atom. The van der Waals surface area contributed by atoms with Crippen molar-refractivity contribution in [1.82, 2.24) is 9.97 Å². The van der Waals surface area contributed by atoms with Crippen molar-refractivity contribution in [3.63, 3.8) is 0 Å². The SMILES string of the molecule is COC(=O)c1c[nH]cc1-c1ccncc1. The van der Waals surface area contributed by atoms with Crippen molar-refractivity contribution in [1.29, 1.82) is 0 Å². The molecule has 0 saturated carbocycles. The maximum Gasteiger partial charge on any atom is 0.340 e. The highest BCUT2D eigenvalue weighted by molar-refractivity contribution is 5.97. The van der Waals surface area contributed by atoms with Crippen LogP contribution in [0.25, 0.3) is 11.1 Å². The topological polar surface area (TPSA) is 55.0 Å². The molecule has 0 unspecified atom stereocenters. The van der Waals surface area contributed by atoms with Gasteiger partial charge < -0.3 is 9.72 Å². The minimum atomic E-state index is -0.344. The van der Waals surface area contributed by atoms with Gasteiger partial charge in [0.05, 0.1) is 12.7 Å². The van der Waals surface area contributed by atoms with E-state index in [0.717, 1.165) is 11.1 Å². The first-order valence-electron chi connectivity index (χ1n) is 4.48. The molecule has 0 aliphatic carbocycles. The highest BCUT2D eigenvalue weighted by atomic mass is 16.5. The molecule has 0 fully saturated rings. The van der Waals surface area contributed by atoms with Crippen LogP contribution in [0, 0.1) is 0 Å². The van der Waals surface area contributed by atoms with Crippen molar-refractivity contribution in [2.75, 3.05) is 7.11 Å². The van der Waals surface area contributed by atoms with Gasteiger partial charge in [-0.15, -0.1) is 0 Å². The molecule has 0 aliphatic heterocycles. The lowest BCUT2D eigenvalue weighted by molar-refractivity contribution is 0.0602. The number of nitrogens with one attached hydrogen (secondary N) is 1. The average molecular weight is 202 g/mol. The summed E-state index contributed by atoms with van der Waals surface area (Å²) >= 11 is 0. The summed E-state index contributed by atoms with van der Waals surface area (Å²) in [7, 11) is 1.37. The van der Waals surface area contributed by atoms with Crippen LogP contribution in [0.5, 0.6) is 0 Å². The quantitative estimate of drug-likeness (QED) is 0.756. The van der Waals surface area contributed by atoms with Crippen LogP contribution in [0.4, 0.5) is 0 Å². The minimum absolute atomic E-state index is 0.344. The van der Waals surface area contributed by atoms with Gasteiger partial charge in [-0.2, -0.15) is 0 Å². The molecule has 0 spiro atoms. The predicted octanol–water partition coefficient (Wildman–Crippen LogP) is 1.86. The molecule has 0 aliphatic rings. The van der Waals surface area contributed by atoms with Gasteiger partial charge in [0.25, 0.3) is 0 Å². The Hall–Kier alpha value is -2.10.